The molecule has 0 atom stereocenters. The highest BCUT2D eigenvalue weighted by molar-refractivity contribution is 6.30. The highest BCUT2D eigenvalue weighted by Crippen LogP contribution is 2.22. The average Bonchev–Trinajstić information content (AvgIpc) is 2.00. The number of carbonyl (C=O) groups excluding carboxylic acids is 1. The molecular weight excluding hydrogens is 188 g/mol. The second kappa shape index (κ2) is 3.49. The van der Waals surface area contributed by atoms with Crippen LogP contribution in [-0.4, -0.2) is 6.41 Å². The molecule has 2 nitrogen and oxygen atoms in total. The summed E-state index contributed by atoms with van der Waals surface area (Å²) in [5.74, 6) is -2.21. The Kier molecular flexibility index (Phi) is 2.60. The lowest BCUT2D eigenvalue weighted by molar-refractivity contribution is -0.105. The van der Waals surface area contributed by atoms with E-state index >= 15 is 0 Å². The molecule has 64 valence electrons. The van der Waals surface area contributed by atoms with Crippen LogP contribution < -0.4 is 5.32 Å². The van der Waals surface area contributed by atoms with Crippen molar-refractivity contribution < 1.29 is 13.6 Å². The van der Waals surface area contributed by atoms with Crippen LogP contribution in [0.3, 0.4) is 0 Å². The molecule has 1 rings (SSSR count). The van der Waals surface area contributed by atoms with E-state index in [0.29, 0.717) is 0 Å². The summed E-state index contributed by atoms with van der Waals surface area (Å²) in [6.45, 7) is 0. The minimum absolute atomic E-state index is 0.0262. The number of hydrogen-bond acceptors (Lipinski definition) is 1. The highest BCUT2D eigenvalue weighted by Gasteiger charge is 2.08. The predicted octanol–water partition coefficient (Wildman–Crippen LogP) is 2.19. The third kappa shape index (κ3) is 1.71. The maximum absolute atomic E-state index is 12.7. The molecule has 12 heavy (non-hydrogen) atoms. The standard InChI is InChI=1S/C7H4ClF2NO/c8-4-1-5(9)7(10)6(2-4)11-3-12/h1-3H,(H,11,12). The molecule has 0 aromatic heterocycles. The van der Waals surface area contributed by atoms with E-state index in [9.17, 15) is 13.6 Å². The van der Waals surface area contributed by atoms with Crippen LogP contribution in [0.1, 0.15) is 0 Å². The first kappa shape index (κ1) is 8.93. The summed E-state index contributed by atoms with van der Waals surface area (Å²) in [5.41, 5.74) is -0.269. The van der Waals surface area contributed by atoms with Crippen LogP contribution in [0.2, 0.25) is 5.02 Å². The topological polar surface area (TPSA) is 29.1 Å². The first-order valence-electron chi connectivity index (χ1n) is 3.00. The Bertz CT molecular complexity index is 317. The van der Waals surface area contributed by atoms with Crippen LogP contribution in [0.4, 0.5) is 14.5 Å². The van der Waals surface area contributed by atoms with E-state index in [1.165, 1.54) is 0 Å². The fraction of sp³-hybridized carbons (Fsp3) is 0. The van der Waals surface area contributed by atoms with Crippen molar-refractivity contribution in [1.82, 2.24) is 0 Å². The highest BCUT2D eigenvalue weighted by atomic mass is 35.5. The molecule has 1 aromatic carbocycles. The largest absolute Gasteiger partial charge is 0.326 e. The lowest BCUT2D eigenvalue weighted by atomic mass is 10.3. The van der Waals surface area contributed by atoms with Gasteiger partial charge in [0.05, 0.1) is 5.69 Å². The van der Waals surface area contributed by atoms with E-state index in [1.807, 2.05) is 5.32 Å². The summed E-state index contributed by atoms with van der Waals surface area (Å²) >= 11 is 5.40. The lowest BCUT2D eigenvalue weighted by Crippen LogP contribution is -1.98. The van der Waals surface area contributed by atoms with Crippen LogP contribution >= 0.6 is 11.6 Å². The molecule has 1 aromatic rings. The molecule has 1 amide bonds. The summed E-state index contributed by atoms with van der Waals surface area (Å²) < 4.78 is 25.3. The molecular formula is C7H4ClF2NO. The zero-order chi connectivity index (χ0) is 9.14. The van der Waals surface area contributed by atoms with Gasteiger partial charge in [0.2, 0.25) is 6.41 Å². The Hall–Kier alpha value is -1.16. The maximum atomic E-state index is 12.7. The summed E-state index contributed by atoms with van der Waals surface area (Å²) in [6, 6.07) is 1.95. The minimum Gasteiger partial charge on any atom is -0.326 e. The van der Waals surface area contributed by atoms with E-state index in [4.69, 9.17) is 11.6 Å². The van der Waals surface area contributed by atoms with Gasteiger partial charge in [-0.1, -0.05) is 11.6 Å². The summed E-state index contributed by atoms with van der Waals surface area (Å²) in [4.78, 5) is 9.91. The average molecular weight is 192 g/mol. The van der Waals surface area contributed by atoms with Crippen molar-refractivity contribution >= 4 is 23.7 Å². The molecule has 0 saturated heterocycles. The van der Waals surface area contributed by atoms with Crippen LogP contribution in [-0.2, 0) is 4.79 Å². The second-order valence-corrected chi connectivity index (χ2v) is 2.45. The molecule has 0 fully saturated rings. The smallest absolute Gasteiger partial charge is 0.211 e. The van der Waals surface area contributed by atoms with Crippen LogP contribution in [0.15, 0.2) is 12.1 Å². The third-order valence-corrected chi connectivity index (χ3v) is 1.43. The van der Waals surface area contributed by atoms with Gasteiger partial charge >= 0.3 is 0 Å². The number of benzene rings is 1. The van der Waals surface area contributed by atoms with Gasteiger partial charge in [0, 0.05) is 5.02 Å². The van der Waals surface area contributed by atoms with Gasteiger partial charge in [-0.3, -0.25) is 4.79 Å². The third-order valence-electron chi connectivity index (χ3n) is 1.21. The molecule has 0 aliphatic carbocycles. The van der Waals surface area contributed by atoms with E-state index in [0.717, 1.165) is 12.1 Å². The van der Waals surface area contributed by atoms with Crippen molar-refractivity contribution in [3.05, 3.63) is 28.8 Å². The number of carbonyl (C=O) groups is 1. The molecule has 0 radical (unpaired) electrons. The number of nitrogens with one attached hydrogen (secondary N) is 1. The molecule has 0 unspecified atom stereocenters. The van der Waals surface area contributed by atoms with Gasteiger partial charge in [0.15, 0.2) is 11.6 Å². The van der Waals surface area contributed by atoms with Gasteiger partial charge < -0.3 is 5.32 Å². The Morgan fingerprint density at radius 1 is 1.42 bits per heavy atom. The summed E-state index contributed by atoms with van der Waals surface area (Å²) in [6.07, 6.45) is 0.244. The molecule has 1 N–H and O–H groups in total. The van der Waals surface area contributed by atoms with E-state index in [1.54, 1.807) is 0 Å². The van der Waals surface area contributed by atoms with Gasteiger partial charge in [-0.25, -0.2) is 8.78 Å². The fourth-order valence-electron chi connectivity index (χ4n) is 0.725. The molecule has 0 bridgehead atoms. The second-order valence-electron chi connectivity index (χ2n) is 2.01. The Morgan fingerprint density at radius 2 is 2.08 bits per heavy atom. The molecule has 0 heterocycles. The van der Waals surface area contributed by atoms with Crippen LogP contribution in [0.5, 0.6) is 0 Å². The van der Waals surface area contributed by atoms with Gasteiger partial charge in [-0.15, -0.1) is 0 Å². The van der Waals surface area contributed by atoms with Gasteiger partial charge in [0.1, 0.15) is 0 Å². The normalized spacial score (nSPS) is 9.58. The molecule has 0 saturated carbocycles. The fourth-order valence-corrected chi connectivity index (χ4v) is 0.929. The Balaban J connectivity index is 3.17. The van der Waals surface area contributed by atoms with Crippen LogP contribution in [0, 0.1) is 11.6 Å². The van der Waals surface area contributed by atoms with Crippen molar-refractivity contribution in [2.24, 2.45) is 0 Å². The van der Waals surface area contributed by atoms with Gasteiger partial charge in [0.25, 0.3) is 0 Å². The van der Waals surface area contributed by atoms with Gasteiger partial charge in [-0.2, -0.15) is 0 Å². The van der Waals surface area contributed by atoms with Crippen LogP contribution in [0.25, 0.3) is 0 Å². The molecule has 0 aliphatic rings. The SMILES string of the molecule is O=CNc1cc(Cl)cc(F)c1F. The molecule has 0 aliphatic heterocycles. The summed E-state index contributed by atoms with van der Waals surface area (Å²) in [7, 11) is 0. The van der Waals surface area contributed by atoms with Gasteiger partial charge in [-0.05, 0) is 12.1 Å². The first-order valence-corrected chi connectivity index (χ1v) is 3.37. The Morgan fingerprint density at radius 3 is 2.67 bits per heavy atom. The van der Waals surface area contributed by atoms with Crippen molar-refractivity contribution in [3.8, 4) is 0 Å². The Labute approximate surface area is 72.1 Å². The molecule has 0 spiro atoms. The van der Waals surface area contributed by atoms with Crippen molar-refractivity contribution in [3.63, 3.8) is 0 Å². The lowest BCUT2D eigenvalue weighted by Gasteiger charge is -2.01. The maximum Gasteiger partial charge on any atom is 0.211 e. The zero-order valence-electron chi connectivity index (χ0n) is 5.77. The number of amides is 1. The quantitative estimate of drug-likeness (QED) is 0.564. The van der Waals surface area contributed by atoms with E-state index in [-0.39, 0.29) is 17.1 Å². The van der Waals surface area contributed by atoms with E-state index in [2.05, 4.69) is 0 Å². The summed E-state index contributed by atoms with van der Waals surface area (Å²) in [5, 5.41) is 2.00. The monoisotopic (exact) mass is 191 g/mol. The van der Waals surface area contributed by atoms with Crippen molar-refractivity contribution in [2.45, 2.75) is 0 Å². The van der Waals surface area contributed by atoms with E-state index < -0.39 is 11.6 Å². The zero-order valence-corrected chi connectivity index (χ0v) is 6.53. The predicted molar refractivity (Wildman–Crippen MR) is 41.1 cm³/mol. The minimum atomic E-state index is -1.12. The number of rotatable bonds is 2. The number of halogens is 3. The van der Waals surface area contributed by atoms with Crippen molar-refractivity contribution in [2.75, 3.05) is 5.32 Å². The number of hydrogen-bond donors (Lipinski definition) is 1. The number of anilines is 1. The first-order chi connectivity index (χ1) is 5.65. The molecule has 5 heteroatoms. The van der Waals surface area contributed by atoms with Crippen molar-refractivity contribution in [1.29, 1.82) is 0 Å².